The maximum absolute atomic E-state index is 5.08. The minimum Gasteiger partial charge on any atom is -0.451 e. The van der Waals surface area contributed by atoms with Crippen molar-refractivity contribution in [2.24, 2.45) is 0 Å². The number of aromatic amines is 1. The minimum absolute atomic E-state index is 0.628. The van der Waals surface area contributed by atoms with Gasteiger partial charge in [-0.1, -0.05) is 19.8 Å². The lowest BCUT2D eigenvalue weighted by molar-refractivity contribution is 0.558. The molecule has 0 unspecified atom stereocenters. The zero-order chi connectivity index (χ0) is 15.8. The van der Waals surface area contributed by atoms with E-state index in [4.69, 9.17) is 4.42 Å². The molecule has 9 heteroatoms. The van der Waals surface area contributed by atoms with Gasteiger partial charge in [0, 0.05) is 6.54 Å². The second-order valence-corrected chi connectivity index (χ2v) is 6.22. The Hall–Kier alpha value is -2.16. The molecule has 1 N–H and O–H groups in total. The van der Waals surface area contributed by atoms with Gasteiger partial charge >= 0.3 is 0 Å². The lowest BCUT2D eigenvalue weighted by atomic mass is 10.2. The van der Waals surface area contributed by atoms with Gasteiger partial charge in [0.25, 0.3) is 0 Å². The molecule has 0 saturated heterocycles. The Balaban J connectivity index is 1.75. The summed E-state index contributed by atoms with van der Waals surface area (Å²) in [6, 6.07) is 0. The highest BCUT2D eigenvalue weighted by Crippen LogP contribution is 2.35. The molecule has 0 radical (unpaired) electrons. The van der Waals surface area contributed by atoms with Gasteiger partial charge in [-0.3, -0.25) is 9.47 Å². The molecule has 0 amide bonds. The van der Waals surface area contributed by atoms with E-state index in [0.717, 1.165) is 35.2 Å². The third-order valence-corrected chi connectivity index (χ3v) is 4.29. The van der Waals surface area contributed by atoms with Crippen molar-refractivity contribution in [3.63, 3.8) is 0 Å². The summed E-state index contributed by atoms with van der Waals surface area (Å²) in [4.78, 5) is 14.1. The molecule has 0 bridgehead atoms. The third kappa shape index (κ3) is 2.44. The Morgan fingerprint density at radius 3 is 3.04 bits per heavy atom. The molecule has 0 aromatic carbocycles. The highest BCUT2D eigenvalue weighted by Gasteiger charge is 2.30. The number of imidazole rings is 1. The molecule has 4 rings (SSSR count). The fourth-order valence-corrected chi connectivity index (χ4v) is 3.24. The highest BCUT2D eigenvalue weighted by molar-refractivity contribution is 9.10. The number of aromatic nitrogens is 6. The van der Waals surface area contributed by atoms with Gasteiger partial charge in [0.05, 0.1) is 12.2 Å². The molecule has 3 aromatic rings. The van der Waals surface area contributed by atoms with Crippen molar-refractivity contribution in [2.75, 3.05) is 11.4 Å². The number of nitrogens with one attached hydrogen (secondary N) is 1. The summed E-state index contributed by atoms with van der Waals surface area (Å²) >= 11 is 3.43. The van der Waals surface area contributed by atoms with E-state index in [1.165, 1.54) is 19.2 Å². The summed E-state index contributed by atoms with van der Waals surface area (Å²) in [7, 11) is 0. The van der Waals surface area contributed by atoms with Gasteiger partial charge in [0.15, 0.2) is 22.8 Å². The van der Waals surface area contributed by atoms with Gasteiger partial charge in [-0.25, -0.2) is 9.97 Å². The monoisotopic (exact) mass is 377 g/mol. The second kappa shape index (κ2) is 5.80. The Bertz CT molecular complexity index is 807. The zero-order valence-electron chi connectivity index (χ0n) is 12.7. The van der Waals surface area contributed by atoms with Crippen LogP contribution in [0.25, 0.3) is 11.5 Å². The fourth-order valence-electron chi connectivity index (χ4n) is 2.83. The number of fused-ring (bicyclic) bond motifs is 2. The fraction of sp³-hybridized carbons (Fsp3) is 0.429. The molecular formula is C14H16BrN7O. The quantitative estimate of drug-likeness (QED) is 0.687. The number of nitrogens with zero attached hydrogens (tertiary/aromatic N) is 6. The van der Waals surface area contributed by atoms with E-state index in [1.807, 2.05) is 4.57 Å². The predicted molar refractivity (Wildman–Crippen MR) is 87.4 cm³/mol. The molecule has 1 aliphatic rings. The molecule has 120 valence electrons. The number of oxazole rings is 1. The van der Waals surface area contributed by atoms with Crippen molar-refractivity contribution in [2.45, 2.75) is 32.7 Å². The van der Waals surface area contributed by atoms with Crippen molar-refractivity contribution in [3.05, 3.63) is 23.1 Å². The van der Waals surface area contributed by atoms with Crippen LogP contribution in [0.15, 0.2) is 21.8 Å². The summed E-state index contributed by atoms with van der Waals surface area (Å²) in [5, 5.41) is 8.67. The number of anilines is 2. The number of hydrogen-bond donors (Lipinski definition) is 1. The van der Waals surface area contributed by atoms with Crippen LogP contribution in [-0.2, 0) is 6.54 Å². The molecule has 0 spiro atoms. The maximum atomic E-state index is 5.08. The van der Waals surface area contributed by atoms with Crippen LogP contribution in [0.3, 0.4) is 0 Å². The smallest absolute Gasteiger partial charge is 0.233 e. The number of hydrogen-bond acceptors (Lipinski definition) is 6. The normalized spacial score (nSPS) is 13.2. The van der Waals surface area contributed by atoms with Gasteiger partial charge < -0.3 is 9.40 Å². The maximum Gasteiger partial charge on any atom is 0.233 e. The second-order valence-electron chi connectivity index (χ2n) is 5.47. The number of unbranched alkanes of at least 4 members (excludes halogenated alkanes) is 2. The largest absolute Gasteiger partial charge is 0.451 e. The summed E-state index contributed by atoms with van der Waals surface area (Å²) in [6.07, 6.45) is 6.39. The van der Waals surface area contributed by atoms with Crippen molar-refractivity contribution >= 4 is 27.7 Å². The molecule has 0 aliphatic carbocycles. The van der Waals surface area contributed by atoms with Crippen LogP contribution in [-0.4, -0.2) is 36.3 Å². The molecule has 4 heterocycles. The standard InChI is InChI=1S/C14H16BrN7O/c1-2-3-4-5-21-11-9(17-13(15)18-11)6-22-12(19-20-14(21)22)10-7-23-8-16-10/h7-8H,2-6H2,1H3,(H,17,18). The highest BCUT2D eigenvalue weighted by atomic mass is 79.9. The predicted octanol–water partition coefficient (Wildman–Crippen LogP) is 3.11. The van der Waals surface area contributed by atoms with Crippen molar-refractivity contribution in [1.82, 2.24) is 29.7 Å². The van der Waals surface area contributed by atoms with Crippen LogP contribution in [0.5, 0.6) is 0 Å². The van der Waals surface area contributed by atoms with E-state index in [9.17, 15) is 0 Å². The van der Waals surface area contributed by atoms with E-state index < -0.39 is 0 Å². The molecule has 0 atom stereocenters. The Kier molecular flexibility index (Phi) is 3.64. The van der Waals surface area contributed by atoms with Crippen LogP contribution < -0.4 is 4.90 Å². The minimum atomic E-state index is 0.628. The van der Waals surface area contributed by atoms with Crippen LogP contribution in [0, 0.1) is 0 Å². The first-order chi connectivity index (χ1) is 11.3. The molecule has 23 heavy (non-hydrogen) atoms. The van der Waals surface area contributed by atoms with Crippen LogP contribution in [0.4, 0.5) is 11.8 Å². The topological polar surface area (TPSA) is 88.7 Å². The average molecular weight is 378 g/mol. The van der Waals surface area contributed by atoms with Gasteiger partial charge in [0.2, 0.25) is 5.95 Å². The zero-order valence-corrected chi connectivity index (χ0v) is 14.2. The number of rotatable bonds is 5. The van der Waals surface area contributed by atoms with Crippen LogP contribution in [0.2, 0.25) is 0 Å². The third-order valence-electron chi connectivity index (χ3n) is 3.92. The lowest BCUT2D eigenvalue weighted by Crippen LogP contribution is -2.28. The van der Waals surface area contributed by atoms with Crippen molar-refractivity contribution in [3.8, 4) is 11.5 Å². The Morgan fingerprint density at radius 2 is 2.26 bits per heavy atom. The van der Waals surface area contributed by atoms with Gasteiger partial charge in [0.1, 0.15) is 12.0 Å². The van der Waals surface area contributed by atoms with Crippen molar-refractivity contribution < 1.29 is 4.42 Å². The van der Waals surface area contributed by atoms with E-state index >= 15 is 0 Å². The van der Waals surface area contributed by atoms with E-state index in [-0.39, 0.29) is 0 Å². The Labute approximate surface area is 141 Å². The van der Waals surface area contributed by atoms with Crippen LogP contribution in [0.1, 0.15) is 31.9 Å². The SMILES string of the molecule is CCCCCN1c2nc(Br)[nH]c2Cn2c(-c3cocn3)nnc21. The lowest BCUT2D eigenvalue weighted by Gasteiger charge is -2.27. The molecule has 8 nitrogen and oxygen atoms in total. The summed E-state index contributed by atoms with van der Waals surface area (Å²) < 4.78 is 7.84. The average Bonchev–Trinajstić information content (AvgIpc) is 3.24. The molecule has 3 aromatic heterocycles. The molecule has 0 fully saturated rings. The van der Waals surface area contributed by atoms with Gasteiger partial charge in [-0.2, -0.15) is 0 Å². The molecule has 0 saturated carbocycles. The van der Waals surface area contributed by atoms with E-state index in [0.29, 0.717) is 18.1 Å². The van der Waals surface area contributed by atoms with Gasteiger partial charge in [-0.15, -0.1) is 10.2 Å². The van der Waals surface area contributed by atoms with Crippen LogP contribution >= 0.6 is 15.9 Å². The first-order valence-electron chi connectivity index (χ1n) is 7.61. The first kappa shape index (κ1) is 14.4. The summed E-state index contributed by atoms with van der Waals surface area (Å²) in [6.45, 7) is 3.68. The van der Waals surface area contributed by atoms with Crippen molar-refractivity contribution in [1.29, 1.82) is 0 Å². The number of halogens is 1. The van der Waals surface area contributed by atoms with E-state index in [2.05, 4.69) is 52.9 Å². The summed E-state index contributed by atoms with van der Waals surface area (Å²) in [5.41, 5.74) is 1.71. The molecule has 1 aliphatic heterocycles. The summed E-state index contributed by atoms with van der Waals surface area (Å²) in [5.74, 6) is 2.41. The van der Waals surface area contributed by atoms with E-state index in [1.54, 1.807) is 6.26 Å². The number of H-pyrrole nitrogens is 1. The Morgan fingerprint density at radius 1 is 1.35 bits per heavy atom. The van der Waals surface area contributed by atoms with Gasteiger partial charge in [-0.05, 0) is 22.4 Å². The first-order valence-corrected chi connectivity index (χ1v) is 8.41. The molecular weight excluding hydrogens is 362 g/mol.